The van der Waals surface area contributed by atoms with Crippen molar-refractivity contribution in [3.05, 3.63) is 29.8 Å². The van der Waals surface area contributed by atoms with Crippen molar-refractivity contribution in [2.45, 2.75) is 37.9 Å². The molecule has 0 aliphatic heterocycles. The summed E-state index contributed by atoms with van der Waals surface area (Å²) in [6.45, 7) is 0.179. The molecule has 0 aromatic heterocycles. The molecule has 1 rings (SSSR count). The number of alkyl halides is 3. The average molecular weight is 304 g/mol. The average Bonchev–Trinajstić information content (AvgIpc) is 2.39. The summed E-state index contributed by atoms with van der Waals surface area (Å²) in [4.78, 5) is 11.7. The van der Waals surface area contributed by atoms with E-state index in [1.165, 1.54) is 12.1 Å². The molecule has 1 aromatic rings. The van der Waals surface area contributed by atoms with Crippen LogP contribution in [-0.4, -0.2) is 29.8 Å². The Hall–Kier alpha value is -1.76. The van der Waals surface area contributed by atoms with E-state index >= 15 is 0 Å². The van der Waals surface area contributed by atoms with Crippen molar-refractivity contribution in [3.63, 3.8) is 0 Å². The van der Waals surface area contributed by atoms with Gasteiger partial charge in [-0.3, -0.25) is 4.79 Å². The molecular weight excluding hydrogens is 285 g/mol. The minimum Gasteiger partial charge on any atom is -0.508 e. The van der Waals surface area contributed by atoms with Gasteiger partial charge in [0.2, 0.25) is 5.91 Å². The maximum atomic E-state index is 11.9. The molecule has 0 spiro atoms. The fraction of sp³-hybridized carbons (Fsp3) is 0.500. The topological polar surface area (TPSA) is 75.3 Å². The van der Waals surface area contributed by atoms with Crippen molar-refractivity contribution in [2.75, 3.05) is 6.54 Å². The molecule has 0 aliphatic rings. The summed E-state index contributed by atoms with van der Waals surface area (Å²) in [6.07, 6.45) is -4.45. The molecule has 0 aliphatic carbocycles. The number of phenols is 1. The van der Waals surface area contributed by atoms with Gasteiger partial charge in [-0.15, -0.1) is 0 Å². The van der Waals surface area contributed by atoms with E-state index in [-0.39, 0.29) is 25.1 Å². The Morgan fingerprint density at radius 2 is 1.86 bits per heavy atom. The number of amides is 1. The lowest BCUT2D eigenvalue weighted by Gasteiger charge is -2.12. The van der Waals surface area contributed by atoms with Gasteiger partial charge < -0.3 is 16.2 Å². The van der Waals surface area contributed by atoms with E-state index in [9.17, 15) is 18.0 Å². The first-order valence-corrected chi connectivity index (χ1v) is 6.66. The van der Waals surface area contributed by atoms with Crippen molar-refractivity contribution < 1.29 is 23.1 Å². The van der Waals surface area contributed by atoms with Gasteiger partial charge in [-0.05, 0) is 37.0 Å². The highest BCUT2D eigenvalue weighted by molar-refractivity contribution is 5.81. The van der Waals surface area contributed by atoms with Gasteiger partial charge in [-0.1, -0.05) is 12.1 Å². The zero-order chi connectivity index (χ0) is 15.9. The van der Waals surface area contributed by atoms with Crippen molar-refractivity contribution in [1.82, 2.24) is 5.32 Å². The van der Waals surface area contributed by atoms with Gasteiger partial charge in [0, 0.05) is 13.0 Å². The lowest BCUT2D eigenvalue weighted by atomic mass is 10.1. The molecule has 0 saturated heterocycles. The third-order valence-electron chi connectivity index (χ3n) is 2.91. The number of hydrogen-bond acceptors (Lipinski definition) is 3. The Balaban J connectivity index is 2.24. The van der Waals surface area contributed by atoms with Crippen molar-refractivity contribution in [2.24, 2.45) is 5.73 Å². The van der Waals surface area contributed by atoms with Crippen LogP contribution in [0.15, 0.2) is 24.3 Å². The van der Waals surface area contributed by atoms with Gasteiger partial charge >= 0.3 is 6.18 Å². The summed E-state index contributed by atoms with van der Waals surface area (Å²) in [5, 5.41) is 11.7. The second-order valence-electron chi connectivity index (χ2n) is 4.84. The van der Waals surface area contributed by atoms with Crippen LogP contribution >= 0.6 is 0 Å². The second kappa shape index (κ2) is 7.87. The van der Waals surface area contributed by atoms with Gasteiger partial charge in [-0.2, -0.15) is 13.2 Å². The maximum absolute atomic E-state index is 11.9. The van der Waals surface area contributed by atoms with Crippen LogP contribution in [0.1, 0.15) is 24.8 Å². The number of nitrogens with two attached hydrogens (primary N) is 1. The van der Waals surface area contributed by atoms with Gasteiger partial charge in [0.25, 0.3) is 0 Å². The smallest absolute Gasteiger partial charge is 0.389 e. The number of phenolic OH excluding ortho intramolecular Hbond substituents is 1. The predicted molar refractivity (Wildman–Crippen MR) is 72.7 cm³/mol. The summed E-state index contributed by atoms with van der Waals surface area (Å²) in [5.41, 5.74) is 6.52. The molecule has 0 bridgehead atoms. The number of unbranched alkanes of at least 4 members (excludes halogenated alkanes) is 1. The molecule has 118 valence electrons. The lowest BCUT2D eigenvalue weighted by molar-refractivity contribution is -0.135. The van der Waals surface area contributed by atoms with Gasteiger partial charge in [0.05, 0.1) is 6.04 Å². The summed E-state index contributed by atoms with van der Waals surface area (Å²) >= 11 is 0. The number of nitrogens with one attached hydrogen (secondary N) is 1. The molecule has 4 N–H and O–H groups in total. The molecule has 21 heavy (non-hydrogen) atoms. The molecular formula is C14H19F3N2O2. The Kier molecular flexibility index (Phi) is 6.48. The van der Waals surface area contributed by atoms with Crippen LogP contribution in [-0.2, 0) is 11.2 Å². The molecule has 0 radical (unpaired) electrons. The number of hydrogen-bond donors (Lipinski definition) is 3. The quantitative estimate of drug-likeness (QED) is 0.675. The zero-order valence-electron chi connectivity index (χ0n) is 11.5. The van der Waals surface area contributed by atoms with E-state index in [0.29, 0.717) is 6.42 Å². The van der Waals surface area contributed by atoms with E-state index in [0.717, 1.165) is 5.56 Å². The molecule has 1 aromatic carbocycles. The molecule has 1 atom stereocenters. The van der Waals surface area contributed by atoms with Crippen molar-refractivity contribution >= 4 is 5.91 Å². The van der Waals surface area contributed by atoms with Crippen LogP contribution in [0, 0.1) is 0 Å². The highest BCUT2D eigenvalue weighted by Crippen LogP contribution is 2.21. The van der Waals surface area contributed by atoms with Crippen molar-refractivity contribution in [3.8, 4) is 5.75 Å². The fourth-order valence-corrected chi connectivity index (χ4v) is 1.77. The molecule has 0 fully saturated rings. The first kappa shape index (κ1) is 17.3. The molecule has 0 saturated carbocycles. The summed E-state index contributed by atoms with van der Waals surface area (Å²) in [7, 11) is 0. The van der Waals surface area contributed by atoms with Crippen LogP contribution in [0.4, 0.5) is 13.2 Å². The highest BCUT2D eigenvalue weighted by atomic mass is 19.4. The van der Waals surface area contributed by atoms with Gasteiger partial charge in [0.15, 0.2) is 0 Å². The Bertz CT molecular complexity index is 447. The van der Waals surface area contributed by atoms with Crippen LogP contribution in [0.3, 0.4) is 0 Å². The normalized spacial score (nSPS) is 13.0. The first-order valence-electron chi connectivity index (χ1n) is 6.66. The number of benzene rings is 1. The van der Waals surface area contributed by atoms with E-state index < -0.39 is 24.5 Å². The zero-order valence-corrected chi connectivity index (χ0v) is 11.5. The largest absolute Gasteiger partial charge is 0.508 e. The number of halogens is 3. The summed E-state index contributed by atoms with van der Waals surface area (Å²) in [5.74, 6) is -0.267. The fourth-order valence-electron chi connectivity index (χ4n) is 1.77. The minimum absolute atomic E-state index is 0.0169. The number of aromatic hydroxyl groups is 1. The maximum Gasteiger partial charge on any atom is 0.389 e. The van der Waals surface area contributed by atoms with E-state index in [4.69, 9.17) is 10.8 Å². The highest BCUT2D eigenvalue weighted by Gasteiger charge is 2.25. The number of carbonyl (C=O) groups excluding carboxylic acids is 1. The Labute approximate surface area is 121 Å². The SMILES string of the molecule is N[C@H](Cc1ccc(O)cc1)C(=O)NCCCCC(F)(F)F. The lowest BCUT2D eigenvalue weighted by Crippen LogP contribution is -2.42. The van der Waals surface area contributed by atoms with Crippen molar-refractivity contribution in [1.29, 1.82) is 0 Å². The van der Waals surface area contributed by atoms with E-state index in [1.807, 2.05) is 0 Å². The Morgan fingerprint density at radius 3 is 2.43 bits per heavy atom. The number of carbonyl (C=O) groups is 1. The first-order chi connectivity index (χ1) is 9.78. The van der Waals surface area contributed by atoms with Crippen LogP contribution in [0.25, 0.3) is 0 Å². The molecule has 0 heterocycles. The third kappa shape index (κ3) is 7.55. The predicted octanol–water partition coefficient (Wildman–Crippen LogP) is 2.11. The minimum atomic E-state index is -4.15. The molecule has 0 unspecified atom stereocenters. The standard InChI is InChI=1S/C14H19F3N2O2/c15-14(16,17)7-1-2-8-19-13(21)12(18)9-10-3-5-11(20)6-4-10/h3-6,12,20H,1-2,7-9,18H2,(H,19,21)/t12-/m1/s1. The third-order valence-corrected chi connectivity index (χ3v) is 2.91. The van der Waals surface area contributed by atoms with Gasteiger partial charge in [0.1, 0.15) is 5.75 Å². The molecule has 1 amide bonds. The monoisotopic (exact) mass is 304 g/mol. The Morgan fingerprint density at radius 1 is 1.24 bits per heavy atom. The van der Waals surface area contributed by atoms with Crippen LogP contribution in [0.2, 0.25) is 0 Å². The van der Waals surface area contributed by atoms with Crippen LogP contribution < -0.4 is 11.1 Å². The van der Waals surface area contributed by atoms with Gasteiger partial charge in [-0.25, -0.2) is 0 Å². The summed E-state index contributed by atoms with van der Waals surface area (Å²) < 4.78 is 35.7. The number of rotatable bonds is 7. The molecule has 4 nitrogen and oxygen atoms in total. The molecule has 7 heteroatoms. The van der Waals surface area contributed by atoms with E-state index in [1.54, 1.807) is 12.1 Å². The summed E-state index contributed by atoms with van der Waals surface area (Å²) in [6, 6.07) is 5.54. The van der Waals surface area contributed by atoms with E-state index in [2.05, 4.69) is 5.32 Å². The van der Waals surface area contributed by atoms with Crippen LogP contribution in [0.5, 0.6) is 5.75 Å². The second-order valence-corrected chi connectivity index (χ2v) is 4.84.